The minimum absolute atomic E-state index is 0.542. The van der Waals surface area contributed by atoms with Crippen molar-refractivity contribution in [1.29, 1.82) is 0 Å². The third kappa shape index (κ3) is 1.95. The lowest BCUT2D eigenvalue weighted by atomic mass is 9.64. The van der Waals surface area contributed by atoms with Gasteiger partial charge in [0.15, 0.2) is 5.82 Å². The van der Waals surface area contributed by atoms with Gasteiger partial charge in [0, 0.05) is 12.7 Å². The van der Waals surface area contributed by atoms with E-state index in [1.54, 1.807) is 0 Å². The van der Waals surface area contributed by atoms with Gasteiger partial charge in [-0.1, -0.05) is 13.8 Å². The van der Waals surface area contributed by atoms with Crippen LogP contribution in [0.3, 0.4) is 0 Å². The van der Waals surface area contributed by atoms with Crippen LogP contribution in [-0.2, 0) is 6.54 Å². The number of nitrogens with zero attached hydrogens (tertiary/aromatic N) is 2. The Morgan fingerprint density at radius 1 is 1.64 bits per heavy atom. The highest BCUT2D eigenvalue weighted by Gasteiger charge is 2.36. The van der Waals surface area contributed by atoms with Gasteiger partial charge in [-0.25, -0.2) is 0 Å². The molecule has 0 aliphatic heterocycles. The Morgan fingerprint density at radius 2 is 2.29 bits per heavy atom. The molecule has 0 amide bonds. The summed E-state index contributed by atoms with van der Waals surface area (Å²) in [6.45, 7) is 5.63. The van der Waals surface area contributed by atoms with Crippen LogP contribution in [0.25, 0.3) is 0 Å². The summed E-state index contributed by atoms with van der Waals surface area (Å²) >= 11 is 3.36. The molecule has 2 rings (SSSR count). The third-order valence-corrected chi connectivity index (χ3v) is 3.48. The summed E-state index contributed by atoms with van der Waals surface area (Å²) in [7, 11) is 0. The Morgan fingerprint density at radius 3 is 2.71 bits per heavy atom. The van der Waals surface area contributed by atoms with Gasteiger partial charge >= 0.3 is 0 Å². The van der Waals surface area contributed by atoms with E-state index >= 15 is 0 Å². The fourth-order valence-electron chi connectivity index (χ4n) is 2.40. The molecule has 4 heteroatoms. The van der Waals surface area contributed by atoms with Gasteiger partial charge in [-0.15, -0.1) is 0 Å². The molecule has 1 aliphatic rings. The molecule has 0 saturated heterocycles. The topological polar surface area (TPSA) is 43.8 Å². The Bertz CT molecular complexity index is 316. The molecule has 0 bridgehead atoms. The smallest absolute Gasteiger partial charge is 0.159 e. The van der Waals surface area contributed by atoms with E-state index < -0.39 is 0 Å². The summed E-state index contributed by atoms with van der Waals surface area (Å²) in [5.41, 5.74) is 6.19. The van der Waals surface area contributed by atoms with Gasteiger partial charge < -0.3 is 5.73 Å². The van der Waals surface area contributed by atoms with Crippen molar-refractivity contribution in [2.45, 2.75) is 33.2 Å². The molecule has 2 N–H and O–H groups in total. The van der Waals surface area contributed by atoms with Crippen LogP contribution >= 0.6 is 15.9 Å². The Kier molecular flexibility index (Phi) is 2.33. The molecule has 3 nitrogen and oxygen atoms in total. The highest BCUT2D eigenvalue weighted by atomic mass is 79.9. The summed E-state index contributed by atoms with van der Waals surface area (Å²) in [5, 5.41) is 4.23. The number of rotatable bonds is 2. The van der Waals surface area contributed by atoms with Crippen LogP contribution in [0.15, 0.2) is 10.7 Å². The van der Waals surface area contributed by atoms with Crippen LogP contribution in [-0.4, -0.2) is 9.78 Å². The lowest BCUT2D eigenvalue weighted by Gasteiger charge is -2.42. The second kappa shape index (κ2) is 3.26. The first-order valence-corrected chi connectivity index (χ1v) is 5.74. The zero-order valence-corrected chi connectivity index (χ0v) is 10.2. The molecule has 1 saturated carbocycles. The van der Waals surface area contributed by atoms with Crippen molar-refractivity contribution in [1.82, 2.24) is 9.78 Å². The maximum atomic E-state index is 5.65. The molecule has 0 spiro atoms. The fraction of sp³-hybridized carbons (Fsp3) is 0.700. The summed E-state index contributed by atoms with van der Waals surface area (Å²) in [5.74, 6) is 1.36. The quantitative estimate of drug-likeness (QED) is 0.886. The molecule has 78 valence electrons. The van der Waals surface area contributed by atoms with E-state index in [-0.39, 0.29) is 0 Å². The Balaban J connectivity index is 1.93. The summed E-state index contributed by atoms with van der Waals surface area (Å²) in [6, 6.07) is 0. The van der Waals surface area contributed by atoms with Gasteiger partial charge in [0.1, 0.15) is 0 Å². The maximum Gasteiger partial charge on any atom is 0.159 e. The minimum atomic E-state index is 0.542. The van der Waals surface area contributed by atoms with Gasteiger partial charge in [-0.2, -0.15) is 5.10 Å². The van der Waals surface area contributed by atoms with Crippen molar-refractivity contribution in [2.24, 2.45) is 11.3 Å². The number of aromatic nitrogens is 2. The lowest BCUT2D eigenvalue weighted by molar-refractivity contribution is 0.0800. The number of nitrogens with two attached hydrogens (primary N) is 1. The van der Waals surface area contributed by atoms with E-state index in [0.717, 1.165) is 16.9 Å². The molecule has 0 atom stereocenters. The number of hydrogen-bond acceptors (Lipinski definition) is 2. The molecule has 0 aromatic carbocycles. The highest BCUT2D eigenvalue weighted by Crippen LogP contribution is 2.45. The molecule has 1 aromatic rings. The minimum Gasteiger partial charge on any atom is -0.381 e. The standard InChI is InChI=1S/C10H16BrN3/c1-10(2)3-7(4-10)5-14-6-8(11)9(12)13-14/h6-7H,3-5H2,1-2H3,(H2,12,13). The molecular weight excluding hydrogens is 242 g/mol. The predicted molar refractivity (Wildman–Crippen MR) is 60.8 cm³/mol. The van der Waals surface area contributed by atoms with Crippen LogP contribution in [0.4, 0.5) is 5.82 Å². The van der Waals surface area contributed by atoms with Crippen molar-refractivity contribution in [3.05, 3.63) is 10.7 Å². The molecular formula is C10H16BrN3. The second-order valence-corrected chi connectivity index (χ2v) is 5.88. The van der Waals surface area contributed by atoms with Crippen molar-refractivity contribution in [3.63, 3.8) is 0 Å². The van der Waals surface area contributed by atoms with Crippen molar-refractivity contribution >= 4 is 21.7 Å². The molecule has 1 aromatic heterocycles. The van der Waals surface area contributed by atoms with E-state index in [1.165, 1.54) is 12.8 Å². The van der Waals surface area contributed by atoms with Gasteiger partial charge in [0.05, 0.1) is 4.47 Å². The molecule has 1 heterocycles. The fourth-order valence-corrected chi connectivity index (χ4v) is 2.72. The largest absolute Gasteiger partial charge is 0.381 e. The van der Waals surface area contributed by atoms with Crippen LogP contribution in [0.2, 0.25) is 0 Å². The number of anilines is 1. The van der Waals surface area contributed by atoms with Gasteiger partial charge in [-0.05, 0) is 40.1 Å². The van der Waals surface area contributed by atoms with E-state index in [9.17, 15) is 0 Å². The lowest BCUT2D eigenvalue weighted by Crippen LogP contribution is -2.34. The third-order valence-electron chi connectivity index (χ3n) is 2.87. The number of nitrogen functional groups attached to an aromatic ring is 1. The summed E-state index contributed by atoms with van der Waals surface area (Å²) in [6.07, 6.45) is 4.55. The van der Waals surface area contributed by atoms with Gasteiger partial charge in [-0.3, -0.25) is 4.68 Å². The van der Waals surface area contributed by atoms with Crippen LogP contribution in [0.1, 0.15) is 26.7 Å². The average molecular weight is 258 g/mol. The van der Waals surface area contributed by atoms with E-state index in [0.29, 0.717) is 11.2 Å². The molecule has 0 radical (unpaired) electrons. The number of hydrogen-bond donors (Lipinski definition) is 1. The summed E-state index contributed by atoms with van der Waals surface area (Å²) in [4.78, 5) is 0. The molecule has 1 aliphatic carbocycles. The van der Waals surface area contributed by atoms with E-state index in [2.05, 4.69) is 34.9 Å². The second-order valence-electron chi connectivity index (χ2n) is 5.02. The molecule has 1 fully saturated rings. The SMILES string of the molecule is CC1(C)CC(Cn2cc(Br)c(N)n2)C1. The van der Waals surface area contributed by atoms with E-state index in [4.69, 9.17) is 5.73 Å². The van der Waals surface area contributed by atoms with Crippen LogP contribution in [0, 0.1) is 11.3 Å². The van der Waals surface area contributed by atoms with E-state index in [1.807, 2.05) is 10.9 Å². The van der Waals surface area contributed by atoms with Crippen LogP contribution < -0.4 is 5.73 Å². The monoisotopic (exact) mass is 257 g/mol. The maximum absolute atomic E-state index is 5.65. The normalized spacial score (nSPS) is 20.8. The Hall–Kier alpha value is -0.510. The first-order chi connectivity index (χ1) is 6.46. The van der Waals surface area contributed by atoms with Gasteiger partial charge in [0.2, 0.25) is 0 Å². The Labute approximate surface area is 92.8 Å². The first kappa shape index (κ1) is 10.0. The van der Waals surface area contributed by atoms with Crippen molar-refractivity contribution in [3.8, 4) is 0 Å². The zero-order valence-electron chi connectivity index (χ0n) is 8.63. The predicted octanol–water partition coefficient (Wildman–Crippen LogP) is 2.66. The van der Waals surface area contributed by atoms with Crippen LogP contribution in [0.5, 0.6) is 0 Å². The van der Waals surface area contributed by atoms with Crippen molar-refractivity contribution < 1.29 is 0 Å². The van der Waals surface area contributed by atoms with Gasteiger partial charge in [0.25, 0.3) is 0 Å². The zero-order chi connectivity index (χ0) is 10.3. The molecule has 0 unspecified atom stereocenters. The highest BCUT2D eigenvalue weighted by molar-refractivity contribution is 9.10. The summed E-state index contributed by atoms with van der Waals surface area (Å²) < 4.78 is 2.84. The first-order valence-electron chi connectivity index (χ1n) is 4.95. The molecule has 14 heavy (non-hydrogen) atoms. The average Bonchev–Trinajstić information content (AvgIpc) is 2.27. The van der Waals surface area contributed by atoms with Crippen molar-refractivity contribution in [2.75, 3.05) is 5.73 Å². The number of halogens is 1.